The van der Waals surface area contributed by atoms with Crippen molar-refractivity contribution >= 4 is 44.8 Å². The summed E-state index contributed by atoms with van der Waals surface area (Å²) in [5.74, 6) is 6.69. The van der Waals surface area contributed by atoms with E-state index in [2.05, 4.69) is 39.3 Å². The van der Waals surface area contributed by atoms with Gasteiger partial charge in [0.15, 0.2) is 0 Å². The molecule has 10 nitrogen and oxygen atoms in total. The molecular formula is C33H35N7O3. The van der Waals surface area contributed by atoms with Crippen LogP contribution in [-0.4, -0.2) is 55.1 Å². The first-order chi connectivity index (χ1) is 20.7. The number of nitrogens with one attached hydrogen (secondary N) is 1. The third-order valence-electron chi connectivity index (χ3n) is 7.56. The second kappa shape index (κ2) is 11.4. The number of para-hydroxylation sites is 1. The maximum atomic E-state index is 14.0. The molecule has 1 aliphatic heterocycles. The van der Waals surface area contributed by atoms with Gasteiger partial charge in [0.1, 0.15) is 16.6 Å². The number of rotatable bonds is 5. The smallest absolute Gasteiger partial charge is 0.407 e. The average molecular weight is 578 g/mol. The van der Waals surface area contributed by atoms with Gasteiger partial charge in [-0.25, -0.2) is 14.5 Å². The van der Waals surface area contributed by atoms with Crippen LogP contribution in [0.15, 0.2) is 59.5 Å². The van der Waals surface area contributed by atoms with Crippen LogP contribution in [0.2, 0.25) is 0 Å². The summed E-state index contributed by atoms with van der Waals surface area (Å²) in [4.78, 5) is 38.4. The van der Waals surface area contributed by atoms with E-state index in [4.69, 9.17) is 14.7 Å². The van der Waals surface area contributed by atoms with Crippen LogP contribution in [0.3, 0.4) is 0 Å². The lowest BCUT2D eigenvalue weighted by atomic mass is 10.0. The second-order valence-corrected chi connectivity index (χ2v) is 11.8. The zero-order chi connectivity index (χ0) is 30.1. The lowest BCUT2D eigenvalue weighted by Crippen LogP contribution is -2.49. The Hall–Kier alpha value is -4.91. The van der Waals surface area contributed by atoms with Crippen molar-refractivity contribution in [1.29, 1.82) is 0 Å². The molecule has 1 atom stereocenters. The van der Waals surface area contributed by atoms with Crippen LogP contribution >= 0.6 is 0 Å². The summed E-state index contributed by atoms with van der Waals surface area (Å²) in [6, 6.07) is 16.0. The molecule has 6 rings (SSSR count). The van der Waals surface area contributed by atoms with E-state index in [1.54, 1.807) is 13.1 Å². The van der Waals surface area contributed by atoms with Crippen molar-refractivity contribution in [3.8, 4) is 11.8 Å². The molecule has 4 heterocycles. The average Bonchev–Trinajstić information content (AvgIpc) is 3.36. The number of hydrogen-bond acceptors (Lipinski definition) is 7. The Balaban J connectivity index is 1.37. The number of anilines is 1. The largest absolute Gasteiger partial charge is 0.444 e. The van der Waals surface area contributed by atoms with Crippen molar-refractivity contribution < 1.29 is 9.53 Å². The minimum atomic E-state index is -0.577. The number of alkyl carbamates (subject to hydrolysis) is 1. The van der Waals surface area contributed by atoms with Crippen molar-refractivity contribution in [2.45, 2.75) is 65.3 Å². The Morgan fingerprint density at radius 2 is 1.79 bits per heavy atom. The number of aromatic nitrogens is 5. The number of benzene rings is 2. The van der Waals surface area contributed by atoms with Gasteiger partial charge in [-0.2, -0.15) is 5.10 Å². The summed E-state index contributed by atoms with van der Waals surface area (Å²) in [6.45, 7) is 9.10. The fourth-order valence-electron chi connectivity index (χ4n) is 5.72. The number of ether oxygens (including phenoxy) is 1. The van der Waals surface area contributed by atoms with E-state index < -0.39 is 11.7 Å². The first kappa shape index (κ1) is 28.2. The van der Waals surface area contributed by atoms with Crippen LogP contribution in [0.25, 0.3) is 32.7 Å². The van der Waals surface area contributed by atoms with Gasteiger partial charge in [-0.1, -0.05) is 48.4 Å². The summed E-state index contributed by atoms with van der Waals surface area (Å²) in [5, 5.41) is 10.6. The second-order valence-electron chi connectivity index (χ2n) is 11.8. The molecule has 43 heavy (non-hydrogen) atoms. The van der Waals surface area contributed by atoms with Crippen molar-refractivity contribution in [3.05, 3.63) is 70.8 Å². The van der Waals surface area contributed by atoms with Crippen LogP contribution in [0, 0.1) is 11.8 Å². The molecule has 0 aliphatic carbocycles. The SMILES string of the molecule is CC#CCn1c(N2CCCC(NC(=O)OC(C)(C)C)C2)nc2cnn(Cc3nc4ccccc4c4ccccc34)c(=O)c21. The Morgan fingerprint density at radius 1 is 1.05 bits per heavy atom. The van der Waals surface area contributed by atoms with Crippen molar-refractivity contribution in [3.63, 3.8) is 0 Å². The molecule has 220 valence electrons. The number of piperidine rings is 1. The van der Waals surface area contributed by atoms with Gasteiger partial charge in [0.2, 0.25) is 5.95 Å². The molecule has 1 fully saturated rings. The number of imidazole rings is 1. The predicted octanol–water partition coefficient (Wildman–Crippen LogP) is 4.86. The maximum Gasteiger partial charge on any atom is 0.407 e. The molecule has 2 aromatic carbocycles. The molecule has 1 aliphatic rings. The maximum absolute atomic E-state index is 14.0. The van der Waals surface area contributed by atoms with Gasteiger partial charge in [-0.05, 0) is 52.0 Å². The Kier molecular flexibility index (Phi) is 7.48. The molecule has 3 aromatic heterocycles. The molecule has 1 amide bonds. The van der Waals surface area contributed by atoms with Crippen LogP contribution in [0.1, 0.15) is 46.2 Å². The third-order valence-corrected chi connectivity index (χ3v) is 7.56. The number of fused-ring (bicyclic) bond motifs is 4. The van der Waals surface area contributed by atoms with E-state index in [9.17, 15) is 9.59 Å². The van der Waals surface area contributed by atoms with Gasteiger partial charge in [0.05, 0.1) is 30.5 Å². The van der Waals surface area contributed by atoms with Crippen molar-refractivity contribution in [2.75, 3.05) is 18.0 Å². The monoisotopic (exact) mass is 577 g/mol. The summed E-state index contributed by atoms with van der Waals surface area (Å²) in [7, 11) is 0. The molecule has 0 bridgehead atoms. The number of carbonyl (C=O) groups excluding carboxylic acids is 1. The summed E-state index contributed by atoms with van der Waals surface area (Å²) >= 11 is 0. The molecule has 1 N–H and O–H groups in total. The van der Waals surface area contributed by atoms with E-state index in [1.807, 2.05) is 61.7 Å². The zero-order valence-electron chi connectivity index (χ0n) is 24.9. The highest BCUT2D eigenvalue weighted by Gasteiger charge is 2.28. The van der Waals surface area contributed by atoms with Gasteiger partial charge >= 0.3 is 6.09 Å². The van der Waals surface area contributed by atoms with E-state index in [0.29, 0.717) is 30.1 Å². The van der Waals surface area contributed by atoms with Crippen LogP contribution in [-0.2, 0) is 17.8 Å². The lowest BCUT2D eigenvalue weighted by molar-refractivity contribution is 0.0499. The topological polar surface area (TPSA) is 107 Å². The highest BCUT2D eigenvalue weighted by Crippen LogP contribution is 2.27. The van der Waals surface area contributed by atoms with Crippen LogP contribution < -0.4 is 15.8 Å². The molecular weight excluding hydrogens is 542 g/mol. The first-order valence-corrected chi connectivity index (χ1v) is 14.6. The van der Waals surface area contributed by atoms with E-state index in [1.165, 1.54) is 4.68 Å². The fraction of sp³-hybridized carbons (Fsp3) is 0.364. The first-order valence-electron chi connectivity index (χ1n) is 14.6. The Labute approximate surface area is 249 Å². The standard InChI is InChI=1S/C33H35N7O3/c1-5-6-18-39-29-27(37-31(39)38-17-11-12-22(20-38)35-32(42)43-33(2,3)4)19-34-40(30(29)41)21-28-25-15-8-7-13-23(25)24-14-9-10-16-26(24)36-28/h7-10,13-16,19,22H,11-12,17-18,20-21H2,1-4H3,(H,35,42). The summed E-state index contributed by atoms with van der Waals surface area (Å²) in [5.41, 5.74) is 1.76. The molecule has 0 radical (unpaired) electrons. The lowest BCUT2D eigenvalue weighted by Gasteiger charge is -2.34. The Bertz CT molecular complexity index is 1960. The van der Waals surface area contributed by atoms with Crippen LogP contribution in [0.5, 0.6) is 0 Å². The van der Waals surface area contributed by atoms with Gasteiger partial charge in [0, 0.05) is 29.9 Å². The van der Waals surface area contributed by atoms with Gasteiger partial charge < -0.3 is 15.0 Å². The number of hydrogen-bond donors (Lipinski definition) is 1. The molecule has 1 saturated heterocycles. The number of nitrogens with zero attached hydrogens (tertiary/aromatic N) is 6. The molecule has 5 aromatic rings. The highest BCUT2D eigenvalue weighted by molar-refractivity contribution is 6.06. The fourth-order valence-corrected chi connectivity index (χ4v) is 5.72. The summed E-state index contributed by atoms with van der Waals surface area (Å²) < 4.78 is 8.79. The van der Waals surface area contributed by atoms with Crippen molar-refractivity contribution in [1.82, 2.24) is 29.6 Å². The van der Waals surface area contributed by atoms with Gasteiger partial charge in [-0.3, -0.25) is 14.3 Å². The van der Waals surface area contributed by atoms with E-state index in [-0.39, 0.29) is 18.1 Å². The number of carbonyl (C=O) groups is 1. The van der Waals surface area contributed by atoms with E-state index >= 15 is 0 Å². The molecule has 0 spiro atoms. The summed E-state index contributed by atoms with van der Waals surface area (Å²) in [6.07, 6.45) is 2.88. The number of pyridine rings is 1. The van der Waals surface area contributed by atoms with Gasteiger partial charge in [-0.15, -0.1) is 5.92 Å². The van der Waals surface area contributed by atoms with Crippen LogP contribution in [0.4, 0.5) is 10.7 Å². The van der Waals surface area contributed by atoms with Crippen molar-refractivity contribution in [2.24, 2.45) is 0 Å². The molecule has 1 unspecified atom stereocenters. The molecule has 0 saturated carbocycles. The minimum Gasteiger partial charge on any atom is -0.444 e. The molecule has 10 heteroatoms. The zero-order valence-corrected chi connectivity index (χ0v) is 24.9. The minimum absolute atomic E-state index is 0.115. The predicted molar refractivity (Wildman–Crippen MR) is 168 cm³/mol. The quantitative estimate of drug-likeness (QED) is 0.235. The normalized spacial score (nSPS) is 15.4. The number of amides is 1. The highest BCUT2D eigenvalue weighted by atomic mass is 16.6. The van der Waals surface area contributed by atoms with Gasteiger partial charge in [0.25, 0.3) is 5.56 Å². The Morgan fingerprint density at radius 3 is 2.56 bits per heavy atom. The van der Waals surface area contributed by atoms with E-state index in [0.717, 1.165) is 46.8 Å². The third kappa shape index (κ3) is 5.75.